The monoisotopic (exact) mass is 405 g/mol. The van der Waals surface area contributed by atoms with Gasteiger partial charge in [0.15, 0.2) is 0 Å². The van der Waals surface area contributed by atoms with Crippen LogP contribution in [0.25, 0.3) is 0 Å². The fourth-order valence-corrected chi connectivity index (χ4v) is 5.93. The number of thiophene rings is 1. The van der Waals surface area contributed by atoms with Gasteiger partial charge in [0.25, 0.3) is 0 Å². The van der Waals surface area contributed by atoms with E-state index in [1.54, 1.807) is 22.7 Å². The summed E-state index contributed by atoms with van der Waals surface area (Å²) in [7, 11) is 0. The summed E-state index contributed by atoms with van der Waals surface area (Å²) in [5.41, 5.74) is -0.928. The zero-order chi connectivity index (χ0) is 18.9. The summed E-state index contributed by atoms with van der Waals surface area (Å²) in [5.74, 6) is 0.203. The van der Waals surface area contributed by atoms with E-state index in [1.807, 2.05) is 24.6 Å². The molecule has 2 aromatic heterocycles. The molecule has 5 nitrogen and oxygen atoms in total. The second kappa shape index (κ2) is 7.99. The van der Waals surface area contributed by atoms with Crippen LogP contribution in [0.4, 0.5) is 0 Å². The predicted octanol–water partition coefficient (Wildman–Crippen LogP) is 3.58. The third kappa shape index (κ3) is 4.11. The van der Waals surface area contributed by atoms with Crippen molar-refractivity contribution in [2.45, 2.75) is 63.3 Å². The van der Waals surface area contributed by atoms with Crippen molar-refractivity contribution in [3.8, 4) is 0 Å². The van der Waals surface area contributed by atoms with E-state index in [1.165, 1.54) is 4.88 Å². The molecule has 2 aliphatic rings. The summed E-state index contributed by atoms with van der Waals surface area (Å²) in [4.78, 5) is 20.9. The first-order chi connectivity index (χ1) is 13.0. The number of likely N-dealkylation sites (tertiary alicyclic amines) is 1. The number of hydrogen-bond acceptors (Lipinski definition) is 6. The van der Waals surface area contributed by atoms with Gasteiger partial charge < -0.3 is 10.4 Å². The molecule has 0 spiro atoms. The van der Waals surface area contributed by atoms with Gasteiger partial charge in [-0.05, 0) is 37.6 Å². The Morgan fingerprint density at radius 3 is 2.85 bits per heavy atom. The van der Waals surface area contributed by atoms with Crippen LogP contribution in [0.5, 0.6) is 0 Å². The maximum Gasteiger partial charge on any atom is 0.223 e. The zero-order valence-corrected chi connectivity index (χ0v) is 17.3. The van der Waals surface area contributed by atoms with Gasteiger partial charge in [0.1, 0.15) is 5.01 Å². The van der Waals surface area contributed by atoms with E-state index in [4.69, 9.17) is 0 Å². The van der Waals surface area contributed by atoms with Crippen LogP contribution in [0.3, 0.4) is 0 Å². The standard InChI is InChI=1S/C20H27N3O2S2/c1-20(25)8-10-23(13-16-21-9-12-27-16)17(15-7-4-11-26-15)18(20)22-19(24)14-5-2-3-6-14/h4,7,9,11-12,14,17-18,25H,2-3,5-6,8,10,13H2,1H3,(H,22,24). The summed E-state index contributed by atoms with van der Waals surface area (Å²) in [6.07, 6.45) is 6.66. The molecule has 146 valence electrons. The lowest BCUT2D eigenvalue weighted by molar-refractivity contribution is -0.132. The maximum atomic E-state index is 12.9. The fourth-order valence-electron chi connectivity index (χ4n) is 4.39. The Balaban J connectivity index is 1.61. The quantitative estimate of drug-likeness (QED) is 0.798. The van der Waals surface area contributed by atoms with E-state index in [9.17, 15) is 9.90 Å². The second-order valence-electron chi connectivity index (χ2n) is 7.93. The molecule has 27 heavy (non-hydrogen) atoms. The average molecular weight is 406 g/mol. The largest absolute Gasteiger partial charge is 0.388 e. The molecule has 7 heteroatoms. The lowest BCUT2D eigenvalue weighted by Gasteiger charge is -2.48. The number of carbonyl (C=O) groups is 1. The van der Waals surface area contributed by atoms with Gasteiger partial charge in [-0.2, -0.15) is 0 Å². The van der Waals surface area contributed by atoms with E-state index in [-0.39, 0.29) is 23.9 Å². The van der Waals surface area contributed by atoms with Crippen molar-refractivity contribution in [2.24, 2.45) is 5.92 Å². The van der Waals surface area contributed by atoms with Crippen molar-refractivity contribution in [1.29, 1.82) is 0 Å². The van der Waals surface area contributed by atoms with E-state index >= 15 is 0 Å². The van der Waals surface area contributed by atoms with Crippen LogP contribution in [-0.4, -0.2) is 39.1 Å². The topological polar surface area (TPSA) is 65.5 Å². The number of aromatic nitrogens is 1. The summed E-state index contributed by atoms with van der Waals surface area (Å²) in [6.45, 7) is 3.39. The molecule has 0 radical (unpaired) electrons. The third-order valence-electron chi connectivity index (χ3n) is 5.96. The van der Waals surface area contributed by atoms with Crippen LogP contribution in [0.2, 0.25) is 0 Å². The highest BCUT2D eigenvalue weighted by atomic mass is 32.1. The highest BCUT2D eigenvalue weighted by molar-refractivity contribution is 7.10. The van der Waals surface area contributed by atoms with Gasteiger partial charge in [0, 0.05) is 28.9 Å². The minimum absolute atomic E-state index is 0.0389. The molecule has 3 unspecified atom stereocenters. The van der Waals surface area contributed by atoms with Crippen molar-refractivity contribution in [3.05, 3.63) is 39.0 Å². The van der Waals surface area contributed by atoms with Gasteiger partial charge in [-0.25, -0.2) is 4.98 Å². The number of rotatable bonds is 5. The van der Waals surface area contributed by atoms with Crippen LogP contribution in [0.15, 0.2) is 29.1 Å². The fraction of sp³-hybridized carbons (Fsp3) is 0.600. The molecule has 2 fully saturated rings. The molecule has 1 saturated carbocycles. The van der Waals surface area contributed by atoms with E-state index in [0.29, 0.717) is 6.42 Å². The Labute approximate surface area is 168 Å². The number of thiazole rings is 1. The van der Waals surface area contributed by atoms with E-state index in [2.05, 4.69) is 26.6 Å². The molecular formula is C20H27N3O2S2. The number of piperidine rings is 1. The minimum Gasteiger partial charge on any atom is -0.388 e. The highest BCUT2D eigenvalue weighted by Gasteiger charge is 2.47. The van der Waals surface area contributed by atoms with Gasteiger partial charge in [-0.3, -0.25) is 9.69 Å². The van der Waals surface area contributed by atoms with Crippen molar-refractivity contribution < 1.29 is 9.90 Å². The molecule has 1 aliphatic carbocycles. The van der Waals surface area contributed by atoms with Crippen LogP contribution in [0.1, 0.15) is 55.0 Å². The number of hydrogen-bond donors (Lipinski definition) is 2. The highest BCUT2D eigenvalue weighted by Crippen LogP contribution is 2.40. The SMILES string of the molecule is CC1(O)CCN(Cc2nccs2)C(c2cccs2)C1NC(=O)C1CCCC1. The van der Waals surface area contributed by atoms with Gasteiger partial charge in [-0.15, -0.1) is 22.7 Å². The van der Waals surface area contributed by atoms with Crippen molar-refractivity contribution >= 4 is 28.6 Å². The second-order valence-corrected chi connectivity index (χ2v) is 9.89. The van der Waals surface area contributed by atoms with E-state index < -0.39 is 5.60 Å². The van der Waals surface area contributed by atoms with Gasteiger partial charge in [0.2, 0.25) is 5.91 Å². The molecule has 1 amide bonds. The predicted molar refractivity (Wildman–Crippen MR) is 109 cm³/mol. The molecule has 0 bridgehead atoms. The average Bonchev–Trinajstić information content (AvgIpc) is 3.41. The number of nitrogens with zero attached hydrogens (tertiary/aromatic N) is 2. The summed E-state index contributed by atoms with van der Waals surface area (Å²) in [6, 6.07) is 3.79. The van der Waals surface area contributed by atoms with Crippen molar-refractivity contribution in [1.82, 2.24) is 15.2 Å². The molecule has 3 atom stereocenters. The summed E-state index contributed by atoms with van der Waals surface area (Å²) >= 11 is 3.34. The van der Waals surface area contributed by atoms with Crippen molar-refractivity contribution in [2.75, 3.05) is 6.54 Å². The number of aliphatic hydroxyl groups is 1. The number of carbonyl (C=O) groups excluding carboxylic acids is 1. The first kappa shape index (κ1) is 19.1. The Morgan fingerprint density at radius 2 is 2.19 bits per heavy atom. The number of nitrogens with one attached hydrogen (secondary N) is 1. The van der Waals surface area contributed by atoms with Gasteiger partial charge in [-0.1, -0.05) is 18.9 Å². The Hall–Kier alpha value is -1.28. The van der Waals surface area contributed by atoms with E-state index in [0.717, 1.165) is 43.8 Å². The summed E-state index contributed by atoms with van der Waals surface area (Å²) in [5, 5.41) is 19.6. The molecule has 0 aromatic carbocycles. The first-order valence-corrected chi connectivity index (χ1v) is 11.5. The molecule has 1 saturated heterocycles. The van der Waals surface area contributed by atoms with Crippen LogP contribution in [0, 0.1) is 5.92 Å². The smallest absolute Gasteiger partial charge is 0.223 e. The van der Waals surface area contributed by atoms with Crippen LogP contribution in [-0.2, 0) is 11.3 Å². The molecule has 4 rings (SSSR count). The molecule has 1 aliphatic heterocycles. The zero-order valence-electron chi connectivity index (χ0n) is 15.6. The Kier molecular flexibility index (Phi) is 5.64. The lowest BCUT2D eigenvalue weighted by Crippen LogP contribution is -2.62. The molecular weight excluding hydrogens is 378 g/mol. The summed E-state index contributed by atoms with van der Waals surface area (Å²) < 4.78 is 0. The first-order valence-electron chi connectivity index (χ1n) is 9.73. The molecule has 2 aromatic rings. The molecule has 2 N–H and O–H groups in total. The number of amides is 1. The third-order valence-corrected chi connectivity index (χ3v) is 7.67. The van der Waals surface area contributed by atoms with Gasteiger partial charge >= 0.3 is 0 Å². The van der Waals surface area contributed by atoms with Crippen LogP contribution >= 0.6 is 22.7 Å². The normalized spacial score (nSPS) is 29.9. The lowest BCUT2D eigenvalue weighted by atomic mass is 9.81. The minimum atomic E-state index is -0.928. The van der Waals surface area contributed by atoms with Gasteiger partial charge in [0.05, 0.1) is 24.2 Å². The maximum absolute atomic E-state index is 12.9. The van der Waals surface area contributed by atoms with Crippen LogP contribution < -0.4 is 5.32 Å². The van der Waals surface area contributed by atoms with Crippen molar-refractivity contribution in [3.63, 3.8) is 0 Å². The molecule has 3 heterocycles. The Bertz CT molecular complexity index is 739. The Morgan fingerprint density at radius 1 is 1.37 bits per heavy atom.